The van der Waals surface area contributed by atoms with Crippen molar-refractivity contribution in [3.63, 3.8) is 0 Å². The molecule has 12 rings (SSSR count). The number of rotatable bonds is 16. The molecule has 3 saturated carbocycles. The maximum atomic E-state index is 14.6. The van der Waals surface area contributed by atoms with Gasteiger partial charge in [0.1, 0.15) is 28.7 Å². The first-order chi connectivity index (χ1) is 43.3. The van der Waals surface area contributed by atoms with Crippen LogP contribution >= 0.6 is 0 Å². The molecule has 3 fully saturated rings. The quantitative estimate of drug-likeness (QED) is 0.0849. The molecule has 15 heteroatoms. The van der Waals surface area contributed by atoms with Crippen molar-refractivity contribution in [2.75, 3.05) is 13.7 Å². The van der Waals surface area contributed by atoms with Crippen LogP contribution in [-0.4, -0.2) is 58.4 Å². The number of halogens is 2. The number of pyridine rings is 3. The van der Waals surface area contributed by atoms with Crippen LogP contribution in [0.4, 0.5) is 8.78 Å². The van der Waals surface area contributed by atoms with Crippen LogP contribution in [0.3, 0.4) is 0 Å². The van der Waals surface area contributed by atoms with Crippen molar-refractivity contribution in [3.8, 4) is 40.2 Å². The van der Waals surface area contributed by atoms with Gasteiger partial charge in [0.25, 0.3) is 17.7 Å². The van der Waals surface area contributed by atoms with Crippen molar-refractivity contribution in [1.82, 2.24) is 30.9 Å². The standard InChI is InChI=1S/C26H29FN2O3.C24H25FN2O2.C24H26N2O2/c1-16-13-22-20(15-24(16)31-3)23(11-12-28-22)32-25-14-19(9-10-21(25)27)26(30)29-17(2)18-7-5-4-6-8-18;1-16(17-7-3-2-4-8-17)27-24(28)18-11-12-20(25)23(15-18)29-22-13-14-26-21-10-6-5-9-19(21)22;1-17-19(24(27)26-16-18-8-3-2-4-9-18)11-7-13-22(17)28-23-14-15-25-21-12-6-5-10-20(21)23/h9-15,17-18H,4-8H2,1-3H3,(H,29,30);5-6,9-17H,2-4,7-8H2,1H3,(H,27,28);5-7,10-15,18H,2-4,8-9,16H2,1H3,(H,26,27)/t17-;16-;/m11./s1. The van der Waals surface area contributed by atoms with Gasteiger partial charge in [-0.1, -0.05) is 88.1 Å². The number of fused-ring (bicyclic) bond motifs is 3. The second kappa shape index (κ2) is 30.3. The number of ether oxygens (including phenoxy) is 4. The van der Waals surface area contributed by atoms with Crippen LogP contribution < -0.4 is 34.9 Å². The topological polar surface area (TPSA) is 163 Å². The van der Waals surface area contributed by atoms with E-state index in [1.54, 1.807) is 37.8 Å². The van der Waals surface area contributed by atoms with E-state index in [-0.39, 0.29) is 41.3 Å². The molecule has 0 saturated heterocycles. The summed E-state index contributed by atoms with van der Waals surface area (Å²) in [6.07, 6.45) is 23.3. The van der Waals surface area contributed by atoms with E-state index >= 15 is 0 Å². The second-order valence-electron chi connectivity index (χ2n) is 23.9. The molecule has 3 aliphatic carbocycles. The SMILES string of the molecule is COc1cc2c(Oc3cc(C(=O)N[C@H](C)C4CCCCC4)ccc3F)ccnc2cc1C.C[C@@H](NC(=O)c1ccc(F)c(Oc2ccnc3ccccc23)c1)C1CCCCC1.Cc1c(Oc2ccnc3ccccc23)cccc1C(=O)NCC1CCCCC1. The lowest BCUT2D eigenvalue weighted by molar-refractivity contribution is 0.0910. The smallest absolute Gasteiger partial charge is 0.251 e. The summed E-state index contributed by atoms with van der Waals surface area (Å²) < 4.78 is 52.3. The molecule has 0 radical (unpaired) electrons. The van der Waals surface area contributed by atoms with E-state index in [0.717, 1.165) is 76.4 Å². The van der Waals surface area contributed by atoms with Crippen molar-refractivity contribution in [2.24, 2.45) is 17.8 Å². The molecule has 462 valence electrons. The van der Waals surface area contributed by atoms with Crippen LogP contribution in [-0.2, 0) is 0 Å². The van der Waals surface area contributed by atoms with Crippen molar-refractivity contribution in [2.45, 2.75) is 136 Å². The number of para-hydroxylation sites is 2. The van der Waals surface area contributed by atoms with E-state index in [1.807, 2.05) is 106 Å². The zero-order valence-corrected chi connectivity index (χ0v) is 51.6. The summed E-state index contributed by atoms with van der Waals surface area (Å²) in [5, 5.41) is 11.7. The molecule has 9 aromatic rings. The molecule has 6 aromatic carbocycles. The Morgan fingerprint density at radius 3 is 1.44 bits per heavy atom. The number of carbonyl (C=O) groups is 3. The third kappa shape index (κ3) is 16.2. The van der Waals surface area contributed by atoms with E-state index in [4.69, 9.17) is 18.9 Å². The number of aromatic nitrogens is 3. The molecule has 13 nitrogen and oxygen atoms in total. The summed E-state index contributed by atoms with van der Waals surface area (Å²) in [6, 6.07) is 38.6. The number of nitrogens with one attached hydrogen (secondary N) is 3. The highest BCUT2D eigenvalue weighted by atomic mass is 19.1. The maximum Gasteiger partial charge on any atom is 0.251 e. The Balaban J connectivity index is 0.000000147. The molecule has 0 bridgehead atoms. The predicted molar refractivity (Wildman–Crippen MR) is 347 cm³/mol. The highest BCUT2D eigenvalue weighted by Crippen LogP contribution is 2.37. The van der Waals surface area contributed by atoms with Crippen LogP contribution in [0.25, 0.3) is 32.7 Å². The van der Waals surface area contributed by atoms with E-state index in [2.05, 4.69) is 37.8 Å². The number of carbonyl (C=O) groups excluding carboxylic acids is 3. The van der Waals surface area contributed by atoms with E-state index in [0.29, 0.717) is 62.8 Å². The molecule has 89 heavy (non-hydrogen) atoms. The van der Waals surface area contributed by atoms with Crippen molar-refractivity contribution in [1.29, 1.82) is 0 Å². The lowest BCUT2D eigenvalue weighted by Crippen LogP contribution is -2.38. The van der Waals surface area contributed by atoms with Crippen LogP contribution in [0.1, 0.15) is 152 Å². The van der Waals surface area contributed by atoms with Gasteiger partial charge in [-0.25, -0.2) is 8.78 Å². The van der Waals surface area contributed by atoms with Crippen LogP contribution in [0.5, 0.6) is 40.2 Å². The number of amides is 3. The minimum absolute atomic E-state index is 0.00462. The fourth-order valence-corrected chi connectivity index (χ4v) is 12.5. The van der Waals surface area contributed by atoms with E-state index < -0.39 is 11.6 Å². The largest absolute Gasteiger partial charge is 0.496 e. The first-order valence-electron chi connectivity index (χ1n) is 31.5. The Bertz CT molecular complexity index is 3910. The number of hydrogen-bond acceptors (Lipinski definition) is 10. The molecular formula is C74H80F2N6O7. The Kier molecular flexibility index (Phi) is 21.5. The van der Waals surface area contributed by atoms with Crippen LogP contribution in [0.15, 0.2) is 152 Å². The van der Waals surface area contributed by atoms with Gasteiger partial charge in [-0.3, -0.25) is 29.3 Å². The van der Waals surface area contributed by atoms with Gasteiger partial charge in [0.15, 0.2) is 23.1 Å². The summed E-state index contributed by atoms with van der Waals surface area (Å²) in [5.41, 5.74) is 5.60. The zero-order valence-electron chi connectivity index (χ0n) is 51.6. The van der Waals surface area contributed by atoms with E-state index in [9.17, 15) is 23.2 Å². The Hall–Kier alpha value is -8.98. The average molecular weight is 1200 g/mol. The third-order valence-electron chi connectivity index (χ3n) is 17.7. The molecule has 2 atom stereocenters. The Morgan fingerprint density at radius 2 is 0.933 bits per heavy atom. The number of methoxy groups -OCH3 is 1. The number of aryl methyl sites for hydroxylation is 1. The van der Waals surface area contributed by atoms with Crippen molar-refractivity contribution in [3.05, 3.63) is 192 Å². The highest BCUT2D eigenvalue weighted by molar-refractivity contribution is 5.97. The molecule has 3 heterocycles. The first-order valence-corrected chi connectivity index (χ1v) is 31.5. The van der Waals surface area contributed by atoms with Crippen LogP contribution in [0, 0.1) is 43.2 Å². The fraction of sp³-hybridized carbons (Fsp3) is 0.351. The monoisotopic (exact) mass is 1200 g/mol. The molecule has 3 aromatic heterocycles. The Labute approximate surface area is 520 Å². The third-order valence-corrected chi connectivity index (χ3v) is 17.7. The van der Waals surface area contributed by atoms with Gasteiger partial charge in [-0.15, -0.1) is 0 Å². The summed E-state index contributed by atoms with van der Waals surface area (Å²) >= 11 is 0. The van der Waals surface area contributed by atoms with E-state index in [1.165, 1.54) is 107 Å². The molecule has 0 aliphatic heterocycles. The fourth-order valence-electron chi connectivity index (χ4n) is 12.5. The van der Waals surface area contributed by atoms with Crippen molar-refractivity contribution >= 4 is 50.4 Å². The molecule has 0 spiro atoms. The van der Waals surface area contributed by atoms with Crippen LogP contribution in [0.2, 0.25) is 0 Å². The summed E-state index contributed by atoms with van der Waals surface area (Å²) in [7, 11) is 1.60. The molecule has 0 unspecified atom stereocenters. The van der Waals surface area contributed by atoms with Gasteiger partial charge in [-0.2, -0.15) is 0 Å². The van der Waals surface area contributed by atoms with Gasteiger partial charge in [-0.05, 0) is 193 Å². The maximum absolute atomic E-state index is 14.6. The number of hydrogen-bond donors (Lipinski definition) is 3. The summed E-state index contributed by atoms with van der Waals surface area (Å²) in [4.78, 5) is 51.3. The van der Waals surface area contributed by atoms with Gasteiger partial charge in [0.2, 0.25) is 0 Å². The minimum Gasteiger partial charge on any atom is -0.496 e. The zero-order chi connectivity index (χ0) is 62.2. The second-order valence-corrected chi connectivity index (χ2v) is 23.9. The van der Waals surface area contributed by atoms with Crippen molar-refractivity contribution < 1.29 is 42.1 Å². The molecule has 3 aliphatic rings. The molecular weight excluding hydrogens is 1120 g/mol. The molecule has 3 N–H and O–H groups in total. The summed E-state index contributed by atoms with van der Waals surface area (Å²) in [6.45, 7) is 8.74. The number of benzene rings is 6. The molecule has 3 amide bonds. The Morgan fingerprint density at radius 1 is 0.472 bits per heavy atom. The van der Waals surface area contributed by atoms with Gasteiger partial charge in [0.05, 0.1) is 23.7 Å². The lowest BCUT2D eigenvalue weighted by atomic mass is 9.84. The number of nitrogens with zero attached hydrogens (tertiary/aromatic N) is 3. The minimum atomic E-state index is -0.536. The van der Waals surface area contributed by atoms with Gasteiger partial charge >= 0.3 is 0 Å². The summed E-state index contributed by atoms with van der Waals surface area (Å²) in [5.74, 6) is 3.23. The lowest BCUT2D eigenvalue weighted by Gasteiger charge is -2.28. The average Bonchev–Trinajstić information content (AvgIpc) is 2.19. The normalized spacial score (nSPS) is 15.3. The highest BCUT2D eigenvalue weighted by Gasteiger charge is 2.25. The van der Waals surface area contributed by atoms with Gasteiger partial charge < -0.3 is 34.9 Å². The predicted octanol–water partition coefficient (Wildman–Crippen LogP) is 17.7. The van der Waals surface area contributed by atoms with Gasteiger partial charge in [0, 0.05) is 75.6 Å². The first kappa shape index (κ1) is 63.1.